The van der Waals surface area contributed by atoms with Crippen molar-refractivity contribution < 1.29 is 18.8 Å². The van der Waals surface area contributed by atoms with Gasteiger partial charge in [0.05, 0.1) is 6.26 Å². The van der Waals surface area contributed by atoms with Crippen LogP contribution in [0.1, 0.15) is 31.3 Å². The van der Waals surface area contributed by atoms with Crippen molar-refractivity contribution >= 4 is 29.1 Å². The molecule has 3 rings (SSSR count). The van der Waals surface area contributed by atoms with Crippen LogP contribution in [0.4, 0.5) is 11.4 Å². The van der Waals surface area contributed by atoms with Gasteiger partial charge in [0.1, 0.15) is 0 Å². The van der Waals surface area contributed by atoms with Gasteiger partial charge < -0.3 is 20.0 Å². The highest BCUT2D eigenvalue weighted by Gasteiger charge is 2.12. The molecule has 1 aromatic heterocycles. The lowest BCUT2D eigenvalue weighted by atomic mass is 10.1. The number of carbonyl (C=O) groups is 3. The van der Waals surface area contributed by atoms with Crippen LogP contribution in [0.25, 0.3) is 0 Å². The maximum atomic E-state index is 12.4. The third kappa shape index (κ3) is 4.45. The zero-order valence-electron chi connectivity index (χ0n) is 15.4. The van der Waals surface area contributed by atoms with E-state index in [1.165, 1.54) is 11.2 Å². The van der Waals surface area contributed by atoms with Gasteiger partial charge in [-0.1, -0.05) is 6.07 Å². The van der Waals surface area contributed by atoms with Crippen molar-refractivity contribution in [1.82, 2.24) is 4.90 Å². The van der Waals surface area contributed by atoms with E-state index in [4.69, 9.17) is 4.42 Å². The summed E-state index contributed by atoms with van der Waals surface area (Å²) in [5, 5.41) is 5.45. The van der Waals surface area contributed by atoms with Gasteiger partial charge in [-0.25, -0.2) is 0 Å². The fourth-order valence-corrected chi connectivity index (χ4v) is 2.50. The van der Waals surface area contributed by atoms with Crippen LogP contribution in [0.15, 0.2) is 71.3 Å². The normalized spacial score (nSPS) is 10.2. The first-order chi connectivity index (χ1) is 13.4. The summed E-state index contributed by atoms with van der Waals surface area (Å²) in [4.78, 5) is 37.9. The van der Waals surface area contributed by atoms with E-state index in [2.05, 4.69) is 10.6 Å². The van der Waals surface area contributed by atoms with Gasteiger partial charge in [-0.3, -0.25) is 14.4 Å². The molecule has 0 atom stereocenters. The van der Waals surface area contributed by atoms with E-state index in [0.717, 1.165) is 0 Å². The quantitative estimate of drug-likeness (QED) is 0.712. The van der Waals surface area contributed by atoms with Gasteiger partial charge in [-0.05, 0) is 54.6 Å². The molecular formula is C21H19N3O4. The van der Waals surface area contributed by atoms with Gasteiger partial charge >= 0.3 is 0 Å². The fourth-order valence-electron chi connectivity index (χ4n) is 2.50. The Morgan fingerprint density at radius 2 is 1.50 bits per heavy atom. The second-order valence-electron chi connectivity index (χ2n) is 6.24. The lowest BCUT2D eigenvalue weighted by molar-refractivity contribution is 0.0827. The molecule has 7 nitrogen and oxygen atoms in total. The highest BCUT2D eigenvalue weighted by molar-refractivity contribution is 6.06. The van der Waals surface area contributed by atoms with E-state index in [-0.39, 0.29) is 23.5 Å². The first kappa shape index (κ1) is 18.9. The summed E-state index contributed by atoms with van der Waals surface area (Å²) in [6.07, 6.45) is 1.42. The third-order valence-electron chi connectivity index (χ3n) is 3.92. The minimum atomic E-state index is -0.371. The fraction of sp³-hybridized carbons (Fsp3) is 0.0952. The number of carbonyl (C=O) groups excluding carboxylic acids is 3. The Bertz CT molecular complexity index is 993. The standard InChI is InChI=1S/C21H19N3O4/c1-24(2)21(27)15-5-3-6-17(13-15)23-19(25)14-8-10-16(11-9-14)22-20(26)18-7-4-12-28-18/h3-13H,1-2H3,(H,22,26)(H,23,25). The molecule has 2 N–H and O–H groups in total. The van der Waals surface area contributed by atoms with E-state index in [9.17, 15) is 14.4 Å². The molecule has 0 radical (unpaired) electrons. The summed E-state index contributed by atoms with van der Waals surface area (Å²) in [6.45, 7) is 0. The number of furan rings is 1. The molecular weight excluding hydrogens is 358 g/mol. The highest BCUT2D eigenvalue weighted by atomic mass is 16.3. The van der Waals surface area contributed by atoms with Crippen molar-refractivity contribution in [2.45, 2.75) is 0 Å². The van der Waals surface area contributed by atoms with Crippen LogP contribution < -0.4 is 10.6 Å². The summed E-state index contributed by atoms with van der Waals surface area (Å²) < 4.78 is 5.03. The Morgan fingerprint density at radius 1 is 0.786 bits per heavy atom. The summed E-state index contributed by atoms with van der Waals surface area (Å²) in [7, 11) is 3.33. The van der Waals surface area contributed by atoms with Crippen LogP contribution in [0, 0.1) is 0 Å². The third-order valence-corrected chi connectivity index (χ3v) is 3.92. The highest BCUT2D eigenvalue weighted by Crippen LogP contribution is 2.16. The molecule has 0 bridgehead atoms. The number of anilines is 2. The van der Waals surface area contributed by atoms with Crippen LogP contribution in [0.5, 0.6) is 0 Å². The molecule has 2 aromatic carbocycles. The Labute approximate surface area is 162 Å². The average molecular weight is 377 g/mol. The van der Waals surface area contributed by atoms with Crippen LogP contribution in [0.2, 0.25) is 0 Å². The second kappa shape index (κ2) is 8.22. The molecule has 1 heterocycles. The van der Waals surface area contributed by atoms with Gasteiger partial charge in [-0.15, -0.1) is 0 Å². The Kier molecular flexibility index (Phi) is 5.55. The predicted octanol–water partition coefficient (Wildman–Crippen LogP) is 3.49. The van der Waals surface area contributed by atoms with E-state index < -0.39 is 0 Å². The number of hydrogen-bond acceptors (Lipinski definition) is 4. The van der Waals surface area contributed by atoms with Gasteiger partial charge in [0.15, 0.2) is 5.76 Å². The molecule has 0 aliphatic carbocycles. The summed E-state index contributed by atoms with van der Waals surface area (Å²) >= 11 is 0. The molecule has 28 heavy (non-hydrogen) atoms. The SMILES string of the molecule is CN(C)C(=O)c1cccc(NC(=O)c2ccc(NC(=O)c3ccco3)cc2)c1. The number of nitrogens with one attached hydrogen (secondary N) is 2. The summed E-state index contributed by atoms with van der Waals surface area (Å²) in [5.74, 6) is -0.635. The monoisotopic (exact) mass is 377 g/mol. The van der Waals surface area contributed by atoms with E-state index in [0.29, 0.717) is 22.5 Å². The second-order valence-corrected chi connectivity index (χ2v) is 6.24. The molecule has 142 valence electrons. The van der Waals surface area contributed by atoms with Gasteiger partial charge in [-0.2, -0.15) is 0 Å². The summed E-state index contributed by atoms with van der Waals surface area (Å²) in [5.41, 5.74) is 1.96. The average Bonchev–Trinajstić information content (AvgIpc) is 3.23. The van der Waals surface area contributed by atoms with Crippen molar-refractivity contribution in [3.05, 3.63) is 83.8 Å². The lowest BCUT2D eigenvalue weighted by Gasteiger charge is -2.12. The first-order valence-corrected chi connectivity index (χ1v) is 8.52. The van der Waals surface area contributed by atoms with Crippen LogP contribution >= 0.6 is 0 Å². The van der Waals surface area contributed by atoms with Crippen LogP contribution in [0.3, 0.4) is 0 Å². The van der Waals surface area contributed by atoms with E-state index >= 15 is 0 Å². The number of nitrogens with zero attached hydrogens (tertiary/aromatic N) is 1. The maximum Gasteiger partial charge on any atom is 0.291 e. The van der Waals surface area contributed by atoms with Crippen LogP contribution in [-0.2, 0) is 0 Å². The maximum absolute atomic E-state index is 12.4. The molecule has 3 aromatic rings. The lowest BCUT2D eigenvalue weighted by Crippen LogP contribution is -2.22. The van der Waals surface area contributed by atoms with Crippen molar-refractivity contribution in [2.24, 2.45) is 0 Å². The zero-order valence-corrected chi connectivity index (χ0v) is 15.4. The molecule has 0 fully saturated rings. The molecule has 0 aliphatic heterocycles. The largest absolute Gasteiger partial charge is 0.459 e. The Hall–Kier alpha value is -3.87. The first-order valence-electron chi connectivity index (χ1n) is 8.52. The number of amides is 3. The molecule has 0 spiro atoms. The number of hydrogen-bond donors (Lipinski definition) is 2. The Morgan fingerprint density at radius 3 is 2.14 bits per heavy atom. The number of benzene rings is 2. The molecule has 7 heteroatoms. The molecule has 3 amide bonds. The predicted molar refractivity (Wildman–Crippen MR) is 106 cm³/mol. The number of rotatable bonds is 5. The molecule has 0 aliphatic rings. The van der Waals surface area contributed by atoms with Crippen molar-refractivity contribution in [3.8, 4) is 0 Å². The van der Waals surface area contributed by atoms with E-state index in [1.54, 1.807) is 74.8 Å². The Balaban J connectivity index is 1.66. The van der Waals surface area contributed by atoms with Crippen molar-refractivity contribution in [2.75, 3.05) is 24.7 Å². The minimum Gasteiger partial charge on any atom is -0.459 e. The van der Waals surface area contributed by atoms with Gasteiger partial charge in [0.2, 0.25) is 0 Å². The molecule has 0 saturated heterocycles. The van der Waals surface area contributed by atoms with Crippen LogP contribution in [-0.4, -0.2) is 36.7 Å². The van der Waals surface area contributed by atoms with Gasteiger partial charge in [0, 0.05) is 36.6 Å². The minimum absolute atomic E-state index is 0.146. The smallest absolute Gasteiger partial charge is 0.291 e. The zero-order chi connectivity index (χ0) is 20.1. The van der Waals surface area contributed by atoms with Gasteiger partial charge in [0.25, 0.3) is 17.7 Å². The van der Waals surface area contributed by atoms with E-state index in [1.807, 2.05) is 0 Å². The van der Waals surface area contributed by atoms with Crippen molar-refractivity contribution in [1.29, 1.82) is 0 Å². The molecule has 0 saturated carbocycles. The molecule has 0 unspecified atom stereocenters. The van der Waals surface area contributed by atoms with Crippen molar-refractivity contribution in [3.63, 3.8) is 0 Å². The topological polar surface area (TPSA) is 91.7 Å². The summed E-state index contributed by atoms with van der Waals surface area (Å²) in [6, 6.07) is 16.4.